The largest absolute Gasteiger partial charge is 0.370 e. The molecule has 0 spiro atoms. The third-order valence-electron chi connectivity index (χ3n) is 3.45. The number of aromatic nitrogens is 2. The number of unbranched alkanes of at least 4 members (excludes halogenated alkanes) is 1. The molecule has 0 amide bonds. The number of thiazole rings is 1. The van der Waals surface area contributed by atoms with E-state index in [9.17, 15) is 0 Å². The number of hydrogen-bond acceptors (Lipinski definition) is 5. The number of aryl methyl sites for hydroxylation is 1. The lowest BCUT2D eigenvalue weighted by molar-refractivity contribution is 0.711. The maximum absolute atomic E-state index is 4.40. The zero-order valence-corrected chi connectivity index (χ0v) is 17.9. The number of hydrogen-bond donors (Lipinski definition) is 3. The summed E-state index contributed by atoms with van der Waals surface area (Å²) in [5.41, 5.74) is 0. The highest BCUT2D eigenvalue weighted by atomic mass is 127. The molecule has 0 atom stereocenters. The second-order valence-electron chi connectivity index (χ2n) is 5.28. The molecule has 3 N–H and O–H groups in total. The molecular formula is C17H27IN6S. The third kappa shape index (κ3) is 8.48. The molecule has 138 valence electrons. The number of nitrogens with zero attached hydrogens (tertiary/aromatic N) is 3. The third-order valence-corrected chi connectivity index (χ3v) is 4.59. The molecule has 0 aliphatic carbocycles. The van der Waals surface area contributed by atoms with E-state index in [-0.39, 0.29) is 24.0 Å². The summed E-state index contributed by atoms with van der Waals surface area (Å²) in [7, 11) is 1.79. The van der Waals surface area contributed by atoms with Crippen LogP contribution in [0.25, 0.3) is 0 Å². The smallest absolute Gasteiger partial charge is 0.191 e. The van der Waals surface area contributed by atoms with Crippen molar-refractivity contribution in [2.45, 2.75) is 32.7 Å². The predicted octanol–water partition coefficient (Wildman–Crippen LogP) is 3.28. The Balaban J connectivity index is 0.00000312. The van der Waals surface area contributed by atoms with Gasteiger partial charge >= 0.3 is 0 Å². The molecular weight excluding hydrogens is 447 g/mol. The van der Waals surface area contributed by atoms with Gasteiger partial charge in [-0.2, -0.15) is 0 Å². The molecule has 2 heterocycles. The fraction of sp³-hybridized carbons (Fsp3) is 0.471. The van der Waals surface area contributed by atoms with Gasteiger partial charge in [-0.1, -0.05) is 13.0 Å². The second kappa shape index (κ2) is 12.9. The quantitative estimate of drug-likeness (QED) is 0.225. The van der Waals surface area contributed by atoms with Crippen molar-refractivity contribution >= 4 is 47.1 Å². The van der Waals surface area contributed by atoms with Gasteiger partial charge in [0.05, 0.1) is 6.54 Å². The van der Waals surface area contributed by atoms with E-state index in [2.05, 4.69) is 37.8 Å². The Bertz CT molecular complexity index is 617. The van der Waals surface area contributed by atoms with Gasteiger partial charge in [0, 0.05) is 37.4 Å². The molecule has 0 bridgehead atoms. The molecule has 6 nitrogen and oxygen atoms in total. The monoisotopic (exact) mass is 474 g/mol. The standard InChI is InChI=1S/C17H26N6S.HI/c1-3-14-12-22-16(24-14)13-23-17(18-2)21-11-7-6-10-20-15-8-4-5-9-19-15;/h4-5,8-9,12H,3,6-7,10-11,13H2,1-2H3,(H,19,20)(H2,18,21,23);1H. The average Bonchev–Trinajstić information content (AvgIpc) is 3.09. The van der Waals surface area contributed by atoms with Crippen LogP contribution < -0.4 is 16.0 Å². The van der Waals surface area contributed by atoms with Gasteiger partial charge in [-0.05, 0) is 31.4 Å². The Labute approximate surface area is 171 Å². The number of halogens is 1. The van der Waals surface area contributed by atoms with Gasteiger partial charge in [0.15, 0.2) is 5.96 Å². The maximum atomic E-state index is 4.40. The summed E-state index contributed by atoms with van der Waals surface area (Å²) in [6, 6.07) is 5.88. The van der Waals surface area contributed by atoms with Gasteiger partial charge in [-0.15, -0.1) is 35.3 Å². The molecule has 25 heavy (non-hydrogen) atoms. The van der Waals surface area contributed by atoms with Crippen molar-refractivity contribution in [3.63, 3.8) is 0 Å². The Hall–Kier alpha value is -1.42. The van der Waals surface area contributed by atoms with E-state index in [0.717, 1.165) is 49.1 Å². The number of nitrogens with one attached hydrogen (secondary N) is 3. The second-order valence-corrected chi connectivity index (χ2v) is 6.48. The summed E-state index contributed by atoms with van der Waals surface area (Å²) >= 11 is 1.75. The van der Waals surface area contributed by atoms with E-state index in [0.29, 0.717) is 6.54 Å². The average molecular weight is 474 g/mol. The van der Waals surface area contributed by atoms with Crippen LogP contribution in [-0.4, -0.2) is 36.1 Å². The Kier molecular flexibility index (Phi) is 11.1. The van der Waals surface area contributed by atoms with Crippen LogP contribution in [0.4, 0.5) is 5.82 Å². The normalized spacial score (nSPS) is 10.9. The van der Waals surface area contributed by atoms with Crippen molar-refractivity contribution in [2.75, 3.05) is 25.5 Å². The summed E-state index contributed by atoms with van der Waals surface area (Å²) < 4.78 is 0. The lowest BCUT2D eigenvalue weighted by atomic mass is 10.3. The van der Waals surface area contributed by atoms with Crippen LogP contribution >= 0.6 is 35.3 Å². The van der Waals surface area contributed by atoms with E-state index in [1.807, 2.05) is 24.4 Å². The summed E-state index contributed by atoms with van der Waals surface area (Å²) in [5.74, 6) is 1.75. The minimum atomic E-state index is 0. The molecule has 8 heteroatoms. The number of anilines is 1. The van der Waals surface area contributed by atoms with Crippen LogP contribution in [0.3, 0.4) is 0 Å². The van der Waals surface area contributed by atoms with Crippen LogP contribution in [-0.2, 0) is 13.0 Å². The van der Waals surface area contributed by atoms with Crippen molar-refractivity contribution in [3.8, 4) is 0 Å². The molecule has 0 aromatic carbocycles. The van der Waals surface area contributed by atoms with Crippen molar-refractivity contribution in [1.29, 1.82) is 0 Å². The Morgan fingerprint density at radius 1 is 1.16 bits per heavy atom. The summed E-state index contributed by atoms with van der Waals surface area (Å²) in [4.78, 5) is 14.2. The first-order valence-electron chi connectivity index (χ1n) is 8.34. The zero-order chi connectivity index (χ0) is 17.0. The maximum Gasteiger partial charge on any atom is 0.191 e. The molecule has 0 saturated carbocycles. The Morgan fingerprint density at radius 2 is 2.00 bits per heavy atom. The first-order chi connectivity index (χ1) is 11.8. The van der Waals surface area contributed by atoms with Crippen LogP contribution in [0.1, 0.15) is 29.7 Å². The van der Waals surface area contributed by atoms with Crippen LogP contribution in [0, 0.1) is 0 Å². The number of aliphatic imine (C=N–C) groups is 1. The van der Waals surface area contributed by atoms with Crippen molar-refractivity contribution in [2.24, 2.45) is 4.99 Å². The highest BCUT2D eigenvalue weighted by Crippen LogP contribution is 2.12. The first-order valence-corrected chi connectivity index (χ1v) is 9.16. The van der Waals surface area contributed by atoms with E-state index in [4.69, 9.17) is 0 Å². The highest BCUT2D eigenvalue weighted by molar-refractivity contribution is 14.0. The molecule has 2 aromatic rings. The van der Waals surface area contributed by atoms with Crippen LogP contribution in [0.2, 0.25) is 0 Å². The fourth-order valence-electron chi connectivity index (χ4n) is 2.11. The molecule has 0 aliphatic rings. The van der Waals surface area contributed by atoms with E-state index in [1.54, 1.807) is 24.6 Å². The molecule has 0 fully saturated rings. The SMILES string of the molecule is CCc1cnc(CNC(=NC)NCCCCNc2ccccn2)s1.I. The van der Waals surface area contributed by atoms with Crippen molar-refractivity contribution in [1.82, 2.24) is 20.6 Å². The molecule has 0 unspecified atom stereocenters. The molecule has 2 aromatic heterocycles. The van der Waals surface area contributed by atoms with E-state index in [1.165, 1.54) is 4.88 Å². The minimum Gasteiger partial charge on any atom is -0.370 e. The van der Waals surface area contributed by atoms with Gasteiger partial charge in [-0.3, -0.25) is 4.99 Å². The van der Waals surface area contributed by atoms with E-state index >= 15 is 0 Å². The number of pyridine rings is 1. The topological polar surface area (TPSA) is 74.2 Å². The first kappa shape index (κ1) is 21.6. The van der Waals surface area contributed by atoms with Gasteiger partial charge in [0.1, 0.15) is 10.8 Å². The Morgan fingerprint density at radius 3 is 2.68 bits per heavy atom. The lowest BCUT2D eigenvalue weighted by Crippen LogP contribution is -2.37. The summed E-state index contributed by atoms with van der Waals surface area (Å²) in [6.45, 7) is 4.67. The molecule has 0 radical (unpaired) electrons. The van der Waals surface area contributed by atoms with Crippen molar-refractivity contribution < 1.29 is 0 Å². The predicted molar refractivity (Wildman–Crippen MR) is 117 cm³/mol. The van der Waals surface area contributed by atoms with Crippen LogP contribution in [0.15, 0.2) is 35.6 Å². The van der Waals surface area contributed by atoms with Gasteiger partial charge in [0.25, 0.3) is 0 Å². The van der Waals surface area contributed by atoms with Gasteiger partial charge in [-0.25, -0.2) is 9.97 Å². The summed E-state index contributed by atoms with van der Waals surface area (Å²) in [6.07, 6.45) is 6.93. The molecule has 0 saturated heterocycles. The zero-order valence-electron chi connectivity index (χ0n) is 14.8. The number of rotatable bonds is 9. The molecule has 0 aliphatic heterocycles. The number of guanidine groups is 1. The lowest BCUT2D eigenvalue weighted by Gasteiger charge is -2.11. The van der Waals surface area contributed by atoms with Crippen LogP contribution in [0.5, 0.6) is 0 Å². The summed E-state index contributed by atoms with van der Waals surface area (Å²) in [5, 5.41) is 11.0. The van der Waals surface area contributed by atoms with Crippen molar-refractivity contribution in [3.05, 3.63) is 40.5 Å². The fourth-order valence-corrected chi connectivity index (χ4v) is 2.92. The molecule has 2 rings (SSSR count). The van der Waals surface area contributed by atoms with Gasteiger partial charge < -0.3 is 16.0 Å². The van der Waals surface area contributed by atoms with Gasteiger partial charge in [0.2, 0.25) is 0 Å². The minimum absolute atomic E-state index is 0. The highest BCUT2D eigenvalue weighted by Gasteiger charge is 2.02. The van der Waals surface area contributed by atoms with E-state index < -0.39 is 0 Å².